The monoisotopic (exact) mass is 314 g/mol. The van der Waals surface area contributed by atoms with Gasteiger partial charge in [0.1, 0.15) is 0 Å². The van der Waals surface area contributed by atoms with Crippen LogP contribution >= 0.6 is 23.2 Å². The van der Waals surface area contributed by atoms with Gasteiger partial charge < -0.3 is 0 Å². The molecule has 0 aliphatic heterocycles. The zero-order valence-electron chi connectivity index (χ0n) is 13.5. The molecule has 0 unspecified atom stereocenters. The van der Waals surface area contributed by atoms with E-state index >= 15 is 0 Å². The van der Waals surface area contributed by atoms with E-state index in [4.69, 9.17) is 23.2 Å². The van der Waals surface area contributed by atoms with Gasteiger partial charge in [0.15, 0.2) is 0 Å². The Hall–Kier alpha value is -0.200. The minimum Gasteiger partial charge on any atom is -0.126 e. The van der Waals surface area contributed by atoms with Crippen LogP contribution in [0.15, 0.2) is 24.3 Å². The average Bonchev–Trinajstić information content (AvgIpc) is 2.37. The SMILES string of the molecule is CC(C)CC(CCl)(CCl)Cc1ccc(C(C)(C)C)cc1. The molecule has 0 fully saturated rings. The Morgan fingerprint density at radius 1 is 0.950 bits per heavy atom. The second-order valence-electron chi connectivity index (χ2n) is 7.49. The second-order valence-corrected chi connectivity index (χ2v) is 8.02. The van der Waals surface area contributed by atoms with Crippen LogP contribution in [-0.2, 0) is 11.8 Å². The summed E-state index contributed by atoms with van der Waals surface area (Å²) in [5.41, 5.74) is 2.92. The van der Waals surface area contributed by atoms with Crippen LogP contribution in [0.4, 0.5) is 0 Å². The molecule has 114 valence electrons. The van der Waals surface area contributed by atoms with Gasteiger partial charge in [-0.3, -0.25) is 0 Å². The summed E-state index contributed by atoms with van der Waals surface area (Å²) in [4.78, 5) is 0. The summed E-state index contributed by atoms with van der Waals surface area (Å²) in [6, 6.07) is 8.93. The highest BCUT2D eigenvalue weighted by Crippen LogP contribution is 2.34. The maximum atomic E-state index is 6.24. The number of hydrogen-bond acceptors (Lipinski definition) is 0. The molecule has 0 heterocycles. The van der Waals surface area contributed by atoms with Crippen molar-refractivity contribution in [1.82, 2.24) is 0 Å². The van der Waals surface area contributed by atoms with Crippen molar-refractivity contribution in [2.75, 3.05) is 11.8 Å². The van der Waals surface area contributed by atoms with E-state index in [1.165, 1.54) is 11.1 Å². The van der Waals surface area contributed by atoms with Crippen LogP contribution in [0.1, 0.15) is 52.2 Å². The van der Waals surface area contributed by atoms with E-state index in [2.05, 4.69) is 58.9 Å². The van der Waals surface area contributed by atoms with Crippen LogP contribution in [0, 0.1) is 11.3 Å². The lowest BCUT2D eigenvalue weighted by Gasteiger charge is -2.32. The summed E-state index contributed by atoms with van der Waals surface area (Å²) in [6.07, 6.45) is 2.03. The highest BCUT2D eigenvalue weighted by Gasteiger charge is 2.29. The van der Waals surface area contributed by atoms with E-state index < -0.39 is 0 Å². The lowest BCUT2D eigenvalue weighted by molar-refractivity contribution is 0.295. The first-order valence-corrected chi connectivity index (χ1v) is 8.51. The Bertz CT molecular complexity index is 394. The summed E-state index contributed by atoms with van der Waals surface area (Å²) in [5.74, 6) is 1.85. The molecule has 0 radical (unpaired) electrons. The Kier molecular flexibility index (Phi) is 6.41. The molecule has 0 atom stereocenters. The van der Waals surface area contributed by atoms with E-state index in [9.17, 15) is 0 Å². The molecule has 0 aliphatic rings. The minimum atomic E-state index is 0.0144. The molecule has 0 bridgehead atoms. The fourth-order valence-electron chi connectivity index (χ4n) is 2.73. The highest BCUT2D eigenvalue weighted by molar-refractivity contribution is 6.21. The lowest BCUT2D eigenvalue weighted by Crippen LogP contribution is -2.30. The third-order valence-electron chi connectivity index (χ3n) is 3.81. The third kappa shape index (κ3) is 4.97. The smallest absolute Gasteiger partial charge is 0.0294 e. The molecule has 0 amide bonds. The predicted molar refractivity (Wildman–Crippen MR) is 92.2 cm³/mol. The molecule has 20 heavy (non-hydrogen) atoms. The van der Waals surface area contributed by atoms with E-state index in [0.29, 0.717) is 17.7 Å². The van der Waals surface area contributed by atoms with Crippen LogP contribution in [-0.4, -0.2) is 11.8 Å². The Morgan fingerprint density at radius 3 is 1.80 bits per heavy atom. The lowest BCUT2D eigenvalue weighted by atomic mass is 9.78. The second kappa shape index (κ2) is 7.18. The van der Waals surface area contributed by atoms with Crippen LogP contribution in [0.3, 0.4) is 0 Å². The molecular weight excluding hydrogens is 287 g/mol. The van der Waals surface area contributed by atoms with Crippen molar-refractivity contribution in [3.8, 4) is 0 Å². The summed E-state index contributed by atoms with van der Waals surface area (Å²) >= 11 is 12.5. The molecule has 1 aromatic carbocycles. The van der Waals surface area contributed by atoms with Gasteiger partial charge in [-0.25, -0.2) is 0 Å². The molecule has 1 rings (SSSR count). The number of halogens is 2. The number of benzene rings is 1. The molecule has 0 saturated carbocycles. The fourth-order valence-corrected chi connectivity index (χ4v) is 3.43. The number of hydrogen-bond donors (Lipinski definition) is 0. The van der Waals surface area contributed by atoms with Gasteiger partial charge >= 0.3 is 0 Å². The highest BCUT2D eigenvalue weighted by atomic mass is 35.5. The van der Waals surface area contributed by atoms with Crippen molar-refractivity contribution >= 4 is 23.2 Å². The van der Waals surface area contributed by atoms with Gasteiger partial charge in [-0.2, -0.15) is 0 Å². The zero-order valence-corrected chi connectivity index (χ0v) is 15.0. The van der Waals surface area contributed by atoms with Crippen LogP contribution in [0.25, 0.3) is 0 Å². The Labute approximate surface area is 134 Å². The van der Waals surface area contributed by atoms with Crippen molar-refractivity contribution in [3.05, 3.63) is 35.4 Å². The molecule has 0 spiro atoms. The van der Waals surface area contributed by atoms with E-state index in [-0.39, 0.29) is 10.8 Å². The van der Waals surface area contributed by atoms with Crippen molar-refractivity contribution in [2.45, 2.75) is 52.9 Å². The standard InChI is InChI=1S/C18H28Cl2/c1-14(2)10-18(12-19,13-20)11-15-6-8-16(9-7-15)17(3,4)5/h6-9,14H,10-13H2,1-5H3. The van der Waals surface area contributed by atoms with Gasteiger partial charge in [0.2, 0.25) is 0 Å². The van der Waals surface area contributed by atoms with E-state index in [1.807, 2.05) is 0 Å². The molecule has 0 nitrogen and oxygen atoms in total. The fraction of sp³-hybridized carbons (Fsp3) is 0.667. The van der Waals surface area contributed by atoms with Gasteiger partial charge in [0.05, 0.1) is 0 Å². The Balaban J connectivity index is 2.89. The van der Waals surface area contributed by atoms with Gasteiger partial charge in [-0.1, -0.05) is 58.9 Å². The van der Waals surface area contributed by atoms with Crippen molar-refractivity contribution in [3.63, 3.8) is 0 Å². The molecular formula is C18H28Cl2. The van der Waals surface area contributed by atoms with Gasteiger partial charge in [0.25, 0.3) is 0 Å². The summed E-state index contributed by atoms with van der Waals surface area (Å²) in [5, 5.41) is 0. The first kappa shape index (κ1) is 17.9. The summed E-state index contributed by atoms with van der Waals surface area (Å²) < 4.78 is 0. The molecule has 0 saturated heterocycles. The Morgan fingerprint density at radius 2 is 1.45 bits per heavy atom. The summed E-state index contributed by atoms with van der Waals surface area (Å²) in [6.45, 7) is 11.2. The molecule has 0 N–H and O–H groups in total. The molecule has 0 aromatic heterocycles. The van der Waals surface area contributed by atoms with Crippen molar-refractivity contribution in [1.29, 1.82) is 0 Å². The van der Waals surface area contributed by atoms with Gasteiger partial charge in [-0.15, -0.1) is 23.2 Å². The largest absolute Gasteiger partial charge is 0.126 e. The minimum absolute atomic E-state index is 0.0144. The number of rotatable bonds is 6. The van der Waals surface area contributed by atoms with E-state index in [0.717, 1.165) is 12.8 Å². The number of alkyl halides is 2. The van der Waals surface area contributed by atoms with E-state index in [1.54, 1.807) is 0 Å². The van der Waals surface area contributed by atoms with Crippen LogP contribution in [0.2, 0.25) is 0 Å². The zero-order chi connectivity index (χ0) is 15.4. The van der Waals surface area contributed by atoms with Gasteiger partial charge in [0, 0.05) is 17.2 Å². The topological polar surface area (TPSA) is 0 Å². The van der Waals surface area contributed by atoms with Crippen molar-refractivity contribution < 1.29 is 0 Å². The van der Waals surface area contributed by atoms with Crippen LogP contribution < -0.4 is 0 Å². The normalized spacial score (nSPS) is 13.0. The van der Waals surface area contributed by atoms with Gasteiger partial charge in [-0.05, 0) is 35.3 Å². The third-order valence-corrected chi connectivity index (χ3v) is 4.94. The maximum Gasteiger partial charge on any atom is 0.0294 e. The first-order chi connectivity index (χ1) is 9.22. The first-order valence-electron chi connectivity index (χ1n) is 7.44. The molecule has 1 aromatic rings. The quantitative estimate of drug-likeness (QED) is 0.562. The maximum absolute atomic E-state index is 6.24. The predicted octanol–water partition coefficient (Wildman–Crippen LogP) is 6.04. The van der Waals surface area contributed by atoms with Crippen LogP contribution in [0.5, 0.6) is 0 Å². The van der Waals surface area contributed by atoms with Crippen molar-refractivity contribution in [2.24, 2.45) is 11.3 Å². The molecule has 0 aliphatic carbocycles. The average molecular weight is 315 g/mol. The summed E-state index contributed by atoms with van der Waals surface area (Å²) in [7, 11) is 0. The molecule has 2 heteroatoms.